The van der Waals surface area contributed by atoms with Gasteiger partial charge in [0.1, 0.15) is 12.2 Å². The Bertz CT molecular complexity index is 587. The zero-order chi connectivity index (χ0) is 23.1. The summed E-state index contributed by atoms with van der Waals surface area (Å²) in [5.41, 5.74) is 1.06. The van der Waals surface area contributed by atoms with E-state index in [1.54, 1.807) is 28.4 Å². The lowest BCUT2D eigenvalue weighted by Crippen LogP contribution is -2.49. The van der Waals surface area contributed by atoms with Crippen LogP contribution in [0.25, 0.3) is 0 Å². The molecule has 0 aromatic carbocycles. The number of ether oxygens (including phenoxy) is 5. The molecule has 0 radical (unpaired) electrons. The van der Waals surface area contributed by atoms with Gasteiger partial charge in [0.2, 0.25) is 0 Å². The average Bonchev–Trinajstić information content (AvgIpc) is 3.58. The molecular weight excluding hydrogens is 396 g/mol. The molecule has 2 aliphatic rings. The Kier molecular flexibility index (Phi) is 10.7. The van der Waals surface area contributed by atoms with E-state index in [0.29, 0.717) is 24.2 Å². The molecule has 0 unspecified atom stereocenters. The first-order valence-corrected chi connectivity index (χ1v) is 11.6. The van der Waals surface area contributed by atoms with E-state index < -0.39 is 6.29 Å². The predicted octanol–water partition coefficient (Wildman–Crippen LogP) is 3.97. The molecule has 2 rings (SSSR count). The van der Waals surface area contributed by atoms with Crippen LogP contribution < -0.4 is 0 Å². The smallest absolute Gasteiger partial charge is 0.184 e. The number of aliphatic hydroxyl groups excluding tert-OH is 1. The second kappa shape index (κ2) is 12.5. The summed E-state index contributed by atoms with van der Waals surface area (Å²) in [5, 5.41) is 10.8. The Labute approximate surface area is 188 Å². The number of aliphatic hydroxyl groups is 1. The summed E-state index contributed by atoms with van der Waals surface area (Å²) >= 11 is 0. The topological polar surface area (TPSA) is 66.4 Å². The van der Waals surface area contributed by atoms with Gasteiger partial charge in [0, 0.05) is 40.8 Å². The van der Waals surface area contributed by atoms with Gasteiger partial charge in [0.15, 0.2) is 6.29 Å². The highest BCUT2D eigenvalue weighted by atomic mass is 16.7. The zero-order valence-electron chi connectivity index (χ0n) is 20.6. The standard InChI is InChI=1S/C25H44O6/c1-9-20(27-5)17(4)18-13-19(18)23(26)15(2)11-10-12-16(3)24-21(28-6)14-22(29-7)25(30-8)31-24/h10-12,15,17-26H,9,13-14H2,1-8H3/b11-10+,16-12+/t15-,17-,18+,19-,20-,21-,22+,23+,24-,25+/m0/s1. The maximum Gasteiger partial charge on any atom is 0.184 e. The molecule has 180 valence electrons. The van der Waals surface area contributed by atoms with Crippen LogP contribution in [-0.2, 0) is 23.7 Å². The van der Waals surface area contributed by atoms with Gasteiger partial charge < -0.3 is 28.8 Å². The first-order chi connectivity index (χ1) is 14.8. The van der Waals surface area contributed by atoms with Crippen molar-refractivity contribution in [2.45, 2.75) is 83.8 Å². The van der Waals surface area contributed by atoms with Gasteiger partial charge >= 0.3 is 0 Å². The van der Waals surface area contributed by atoms with Crippen LogP contribution in [0, 0.1) is 23.7 Å². The summed E-state index contributed by atoms with van der Waals surface area (Å²) in [7, 11) is 6.77. The van der Waals surface area contributed by atoms with E-state index in [2.05, 4.69) is 26.8 Å². The van der Waals surface area contributed by atoms with E-state index in [-0.39, 0.29) is 36.4 Å². The Balaban J connectivity index is 1.93. The zero-order valence-corrected chi connectivity index (χ0v) is 20.6. The second-order valence-corrected chi connectivity index (χ2v) is 9.20. The van der Waals surface area contributed by atoms with Crippen molar-refractivity contribution in [1.29, 1.82) is 0 Å². The van der Waals surface area contributed by atoms with Gasteiger partial charge in [-0.05, 0) is 43.1 Å². The van der Waals surface area contributed by atoms with Crippen LogP contribution in [0.15, 0.2) is 23.8 Å². The van der Waals surface area contributed by atoms with E-state index >= 15 is 0 Å². The van der Waals surface area contributed by atoms with Crippen molar-refractivity contribution >= 4 is 0 Å². The molecular formula is C25H44O6. The normalized spacial score (nSPS) is 35.7. The highest BCUT2D eigenvalue weighted by molar-refractivity contribution is 5.18. The third-order valence-corrected chi connectivity index (χ3v) is 7.28. The molecule has 6 nitrogen and oxygen atoms in total. The largest absolute Gasteiger partial charge is 0.392 e. The fraction of sp³-hybridized carbons (Fsp3) is 0.840. The van der Waals surface area contributed by atoms with Gasteiger partial charge in [-0.25, -0.2) is 0 Å². The summed E-state index contributed by atoms with van der Waals surface area (Å²) in [6.07, 6.45) is 8.05. The van der Waals surface area contributed by atoms with Gasteiger partial charge in [-0.15, -0.1) is 0 Å². The van der Waals surface area contributed by atoms with Gasteiger partial charge in [-0.1, -0.05) is 39.0 Å². The monoisotopic (exact) mass is 440 g/mol. The van der Waals surface area contributed by atoms with Crippen LogP contribution in [0.1, 0.15) is 47.0 Å². The van der Waals surface area contributed by atoms with E-state index in [1.165, 1.54) is 0 Å². The minimum absolute atomic E-state index is 0.0870. The molecule has 0 aromatic rings. The molecule has 0 amide bonds. The van der Waals surface area contributed by atoms with E-state index in [0.717, 1.165) is 18.4 Å². The molecule has 0 bridgehead atoms. The predicted molar refractivity (Wildman–Crippen MR) is 122 cm³/mol. The van der Waals surface area contributed by atoms with Gasteiger partial charge in [-0.2, -0.15) is 0 Å². The summed E-state index contributed by atoms with van der Waals surface area (Å²) in [6, 6.07) is 0. The molecule has 1 N–H and O–H groups in total. The third kappa shape index (κ3) is 6.62. The Morgan fingerprint density at radius 3 is 2.26 bits per heavy atom. The summed E-state index contributed by atoms with van der Waals surface area (Å²) < 4.78 is 28.3. The van der Waals surface area contributed by atoms with Crippen molar-refractivity contribution in [3.05, 3.63) is 23.8 Å². The summed E-state index contributed by atoms with van der Waals surface area (Å²) in [5.74, 6) is 1.47. The Hall–Kier alpha value is -0.760. The molecule has 0 spiro atoms. The molecule has 1 aliphatic carbocycles. The van der Waals surface area contributed by atoms with Crippen LogP contribution in [0.5, 0.6) is 0 Å². The molecule has 0 aromatic heterocycles. The number of allylic oxidation sites excluding steroid dienone is 2. The van der Waals surface area contributed by atoms with E-state index in [9.17, 15) is 5.11 Å². The lowest BCUT2D eigenvalue weighted by molar-refractivity contribution is -0.256. The third-order valence-electron chi connectivity index (χ3n) is 7.28. The molecule has 1 saturated heterocycles. The first kappa shape index (κ1) is 26.5. The lowest BCUT2D eigenvalue weighted by atomic mass is 9.91. The molecule has 10 atom stereocenters. The van der Waals surface area contributed by atoms with Gasteiger partial charge in [0.25, 0.3) is 0 Å². The highest BCUT2D eigenvalue weighted by Crippen LogP contribution is 2.49. The highest BCUT2D eigenvalue weighted by Gasteiger charge is 2.48. The first-order valence-electron chi connectivity index (χ1n) is 11.6. The van der Waals surface area contributed by atoms with Crippen LogP contribution in [0.4, 0.5) is 0 Å². The lowest BCUT2D eigenvalue weighted by Gasteiger charge is -2.39. The number of rotatable bonds is 12. The molecule has 31 heavy (non-hydrogen) atoms. The minimum atomic E-state index is -0.415. The number of methoxy groups -OCH3 is 4. The van der Waals surface area contributed by atoms with E-state index in [4.69, 9.17) is 23.7 Å². The van der Waals surface area contributed by atoms with E-state index in [1.807, 2.05) is 19.1 Å². The molecule has 6 heteroatoms. The average molecular weight is 441 g/mol. The van der Waals surface area contributed by atoms with Crippen molar-refractivity contribution in [1.82, 2.24) is 0 Å². The fourth-order valence-corrected chi connectivity index (χ4v) is 5.06. The van der Waals surface area contributed by atoms with Crippen LogP contribution >= 0.6 is 0 Å². The maximum absolute atomic E-state index is 10.8. The van der Waals surface area contributed by atoms with Crippen molar-refractivity contribution in [2.75, 3.05) is 28.4 Å². The summed E-state index contributed by atoms with van der Waals surface area (Å²) in [6.45, 7) is 8.53. The molecule has 2 fully saturated rings. The quantitative estimate of drug-likeness (QED) is 0.463. The van der Waals surface area contributed by atoms with Crippen LogP contribution in [0.3, 0.4) is 0 Å². The Morgan fingerprint density at radius 1 is 1.03 bits per heavy atom. The fourth-order valence-electron chi connectivity index (χ4n) is 5.06. The van der Waals surface area contributed by atoms with Gasteiger partial charge in [0.05, 0.1) is 18.3 Å². The Morgan fingerprint density at radius 2 is 1.71 bits per heavy atom. The minimum Gasteiger partial charge on any atom is -0.392 e. The number of hydrogen-bond acceptors (Lipinski definition) is 6. The molecule has 1 aliphatic heterocycles. The van der Waals surface area contributed by atoms with Crippen LogP contribution in [-0.4, -0.2) is 70.4 Å². The maximum atomic E-state index is 10.8. The molecule has 1 saturated carbocycles. The SMILES string of the molecule is CC[C@H](OC)[C@@H](C)[C@H]1C[C@@H]1[C@H](O)[C@@H](C)/C=C/C=C(\C)[C@@H]1O[C@@H](OC)[C@H](OC)C[C@@H]1OC. The summed E-state index contributed by atoms with van der Waals surface area (Å²) in [4.78, 5) is 0. The van der Waals surface area contributed by atoms with Crippen molar-refractivity contribution in [2.24, 2.45) is 23.7 Å². The second-order valence-electron chi connectivity index (χ2n) is 9.20. The van der Waals surface area contributed by atoms with Crippen molar-refractivity contribution < 1.29 is 28.8 Å². The van der Waals surface area contributed by atoms with Gasteiger partial charge in [-0.3, -0.25) is 0 Å². The molecule has 1 heterocycles. The van der Waals surface area contributed by atoms with Crippen LogP contribution in [0.2, 0.25) is 0 Å². The van der Waals surface area contributed by atoms with Crippen molar-refractivity contribution in [3.63, 3.8) is 0 Å². The van der Waals surface area contributed by atoms with Crippen molar-refractivity contribution in [3.8, 4) is 0 Å². The number of hydrogen-bond donors (Lipinski definition) is 1.